The van der Waals surface area contributed by atoms with Crippen molar-refractivity contribution in [1.82, 2.24) is 9.88 Å². The normalized spacial score (nSPS) is 11.1. The third-order valence-corrected chi connectivity index (χ3v) is 5.03. The van der Waals surface area contributed by atoms with E-state index < -0.39 is 0 Å². The fourth-order valence-corrected chi connectivity index (χ4v) is 3.58. The monoisotopic (exact) mass is 349 g/mol. The highest BCUT2D eigenvalue weighted by atomic mass is 16.2. The van der Waals surface area contributed by atoms with E-state index in [9.17, 15) is 4.79 Å². The van der Waals surface area contributed by atoms with Gasteiger partial charge in [-0.15, -0.1) is 0 Å². The summed E-state index contributed by atoms with van der Waals surface area (Å²) < 4.78 is 0. The van der Waals surface area contributed by atoms with Crippen molar-refractivity contribution in [1.29, 1.82) is 0 Å². The molecule has 4 heteroatoms. The summed E-state index contributed by atoms with van der Waals surface area (Å²) in [5.74, 6) is 0.0660. The minimum absolute atomic E-state index is 0.0660. The topological polar surface area (TPSA) is 36.4 Å². The zero-order valence-corrected chi connectivity index (χ0v) is 16.1. The Bertz CT molecular complexity index is 927. The van der Waals surface area contributed by atoms with Gasteiger partial charge in [-0.05, 0) is 52.0 Å². The third kappa shape index (κ3) is 3.12. The number of benzene rings is 2. The molecule has 4 nitrogen and oxygen atoms in total. The first kappa shape index (κ1) is 18.2. The lowest BCUT2D eigenvalue weighted by atomic mass is 10.0. The quantitative estimate of drug-likeness (QED) is 0.604. The Kier molecular flexibility index (Phi) is 5.40. The molecule has 26 heavy (non-hydrogen) atoms. The van der Waals surface area contributed by atoms with Crippen LogP contribution in [0.15, 0.2) is 42.5 Å². The lowest BCUT2D eigenvalue weighted by Gasteiger charge is -2.25. The first-order chi connectivity index (χ1) is 12.6. The highest BCUT2D eigenvalue weighted by Crippen LogP contribution is 2.34. The van der Waals surface area contributed by atoms with Gasteiger partial charge >= 0.3 is 0 Å². The van der Waals surface area contributed by atoms with Crippen LogP contribution in [0.25, 0.3) is 21.8 Å². The molecule has 136 valence electrons. The third-order valence-electron chi connectivity index (χ3n) is 5.03. The predicted molar refractivity (Wildman–Crippen MR) is 110 cm³/mol. The Morgan fingerprint density at radius 3 is 2.15 bits per heavy atom. The van der Waals surface area contributed by atoms with Gasteiger partial charge in [-0.25, -0.2) is 4.98 Å². The molecule has 0 bridgehead atoms. The van der Waals surface area contributed by atoms with Crippen LogP contribution in [0.2, 0.25) is 0 Å². The molecule has 0 atom stereocenters. The molecular weight excluding hydrogens is 322 g/mol. The summed E-state index contributed by atoms with van der Waals surface area (Å²) in [5, 5.41) is 2.26. The maximum absolute atomic E-state index is 12.7. The smallest absolute Gasteiger partial charge is 0.253 e. The molecular formula is C22H27N3O. The number of carbonyl (C=O) groups excluding carboxylic acids is 1. The van der Waals surface area contributed by atoms with E-state index in [2.05, 4.69) is 36.9 Å². The minimum Gasteiger partial charge on any atom is -0.371 e. The molecule has 0 saturated heterocycles. The SMILES string of the molecule is CCN(CC)C(=O)c1ccc2c(N(CC)CC)c3ccccc3nc2c1. The molecule has 1 aromatic heterocycles. The van der Waals surface area contributed by atoms with E-state index in [1.54, 1.807) is 0 Å². The van der Waals surface area contributed by atoms with Gasteiger partial charge in [0.1, 0.15) is 0 Å². The van der Waals surface area contributed by atoms with Crippen LogP contribution in [0.5, 0.6) is 0 Å². The predicted octanol–water partition coefficient (Wildman–Crippen LogP) is 4.72. The zero-order valence-electron chi connectivity index (χ0n) is 16.1. The van der Waals surface area contributed by atoms with E-state index in [1.807, 2.05) is 43.0 Å². The van der Waals surface area contributed by atoms with Crippen LogP contribution in [-0.4, -0.2) is 42.0 Å². The van der Waals surface area contributed by atoms with Crippen LogP contribution in [-0.2, 0) is 0 Å². The Hall–Kier alpha value is -2.62. The average molecular weight is 349 g/mol. The van der Waals surface area contributed by atoms with Crippen molar-refractivity contribution >= 4 is 33.4 Å². The first-order valence-corrected chi connectivity index (χ1v) is 9.51. The van der Waals surface area contributed by atoms with Gasteiger partial charge in [-0.2, -0.15) is 0 Å². The molecule has 0 aliphatic heterocycles. The van der Waals surface area contributed by atoms with Crippen LogP contribution in [0.4, 0.5) is 5.69 Å². The molecule has 0 fully saturated rings. The largest absolute Gasteiger partial charge is 0.371 e. The molecule has 1 heterocycles. The Balaban J connectivity index is 2.25. The van der Waals surface area contributed by atoms with Gasteiger partial charge in [0.25, 0.3) is 5.91 Å². The molecule has 0 aliphatic rings. The number of fused-ring (bicyclic) bond motifs is 2. The van der Waals surface area contributed by atoms with Crippen LogP contribution >= 0.6 is 0 Å². The zero-order chi connectivity index (χ0) is 18.7. The number of hydrogen-bond acceptors (Lipinski definition) is 3. The van der Waals surface area contributed by atoms with Gasteiger partial charge in [0.15, 0.2) is 0 Å². The minimum atomic E-state index is 0.0660. The van der Waals surface area contributed by atoms with Gasteiger partial charge in [0.2, 0.25) is 0 Å². The summed E-state index contributed by atoms with van der Waals surface area (Å²) in [6.45, 7) is 11.6. The lowest BCUT2D eigenvalue weighted by Crippen LogP contribution is -2.30. The molecule has 0 spiro atoms. The molecule has 0 radical (unpaired) electrons. The standard InChI is InChI=1S/C22H27N3O/c1-5-24(6-2)21-17-11-9-10-12-19(17)23-20-15-16(13-14-18(20)21)22(26)25(7-3)8-4/h9-15H,5-8H2,1-4H3. The number of para-hydroxylation sites is 1. The Morgan fingerprint density at radius 1 is 0.846 bits per heavy atom. The molecule has 3 rings (SSSR count). The summed E-state index contributed by atoms with van der Waals surface area (Å²) in [5.41, 5.74) is 3.75. The highest BCUT2D eigenvalue weighted by molar-refractivity contribution is 6.09. The maximum atomic E-state index is 12.7. The molecule has 0 aliphatic carbocycles. The van der Waals surface area contributed by atoms with Crippen LogP contribution < -0.4 is 4.90 Å². The van der Waals surface area contributed by atoms with E-state index in [0.717, 1.165) is 34.9 Å². The number of pyridine rings is 1. The van der Waals surface area contributed by atoms with Crippen LogP contribution in [0, 0.1) is 0 Å². The number of aromatic nitrogens is 1. The fraction of sp³-hybridized carbons (Fsp3) is 0.364. The molecule has 3 aromatic rings. The number of amides is 1. The molecule has 0 N–H and O–H groups in total. The molecule has 2 aromatic carbocycles. The van der Waals surface area contributed by atoms with E-state index in [1.165, 1.54) is 5.69 Å². The Morgan fingerprint density at radius 2 is 1.50 bits per heavy atom. The summed E-state index contributed by atoms with van der Waals surface area (Å²) in [4.78, 5) is 21.8. The molecule has 0 saturated carbocycles. The highest BCUT2D eigenvalue weighted by Gasteiger charge is 2.17. The van der Waals surface area contributed by atoms with E-state index in [0.29, 0.717) is 18.7 Å². The van der Waals surface area contributed by atoms with Crippen molar-refractivity contribution in [3.8, 4) is 0 Å². The van der Waals surface area contributed by atoms with Gasteiger partial charge in [-0.3, -0.25) is 4.79 Å². The fourth-order valence-electron chi connectivity index (χ4n) is 3.58. The summed E-state index contributed by atoms with van der Waals surface area (Å²) in [6, 6.07) is 14.2. The van der Waals surface area contributed by atoms with Gasteiger partial charge in [0.05, 0.1) is 16.7 Å². The number of hydrogen-bond donors (Lipinski definition) is 0. The number of nitrogens with zero attached hydrogens (tertiary/aromatic N) is 3. The van der Waals surface area contributed by atoms with E-state index in [-0.39, 0.29) is 5.91 Å². The second-order valence-electron chi connectivity index (χ2n) is 6.36. The summed E-state index contributed by atoms with van der Waals surface area (Å²) >= 11 is 0. The van der Waals surface area contributed by atoms with E-state index in [4.69, 9.17) is 4.98 Å². The van der Waals surface area contributed by atoms with Crippen LogP contribution in [0.1, 0.15) is 38.1 Å². The van der Waals surface area contributed by atoms with Crippen molar-refractivity contribution in [3.05, 3.63) is 48.0 Å². The van der Waals surface area contributed by atoms with Crippen molar-refractivity contribution in [3.63, 3.8) is 0 Å². The maximum Gasteiger partial charge on any atom is 0.253 e. The first-order valence-electron chi connectivity index (χ1n) is 9.51. The summed E-state index contributed by atoms with van der Waals surface area (Å²) in [7, 11) is 0. The second kappa shape index (κ2) is 7.73. The van der Waals surface area contributed by atoms with Gasteiger partial charge in [-0.1, -0.05) is 18.2 Å². The molecule has 1 amide bonds. The van der Waals surface area contributed by atoms with Gasteiger partial charge in [0, 0.05) is 42.5 Å². The number of rotatable bonds is 6. The second-order valence-corrected chi connectivity index (χ2v) is 6.36. The average Bonchev–Trinajstić information content (AvgIpc) is 2.68. The van der Waals surface area contributed by atoms with Crippen molar-refractivity contribution < 1.29 is 4.79 Å². The molecule has 0 unspecified atom stereocenters. The van der Waals surface area contributed by atoms with Gasteiger partial charge < -0.3 is 9.80 Å². The van der Waals surface area contributed by atoms with Crippen molar-refractivity contribution in [2.24, 2.45) is 0 Å². The number of carbonyl (C=O) groups is 1. The van der Waals surface area contributed by atoms with Crippen molar-refractivity contribution in [2.75, 3.05) is 31.1 Å². The van der Waals surface area contributed by atoms with Crippen molar-refractivity contribution in [2.45, 2.75) is 27.7 Å². The number of anilines is 1. The van der Waals surface area contributed by atoms with E-state index >= 15 is 0 Å². The Labute approximate surface area is 155 Å². The summed E-state index contributed by atoms with van der Waals surface area (Å²) in [6.07, 6.45) is 0. The lowest BCUT2D eigenvalue weighted by molar-refractivity contribution is 0.0773. The van der Waals surface area contributed by atoms with Crippen LogP contribution in [0.3, 0.4) is 0 Å².